The fourth-order valence-corrected chi connectivity index (χ4v) is 2.21. The zero-order valence-electron chi connectivity index (χ0n) is 10.1. The summed E-state index contributed by atoms with van der Waals surface area (Å²) < 4.78 is 0. The highest BCUT2D eigenvalue weighted by Crippen LogP contribution is 2.10. The van der Waals surface area contributed by atoms with Gasteiger partial charge >= 0.3 is 0 Å². The van der Waals surface area contributed by atoms with Crippen molar-refractivity contribution in [3.8, 4) is 0 Å². The zero-order chi connectivity index (χ0) is 10.6. The molecule has 0 amide bonds. The van der Waals surface area contributed by atoms with Crippen molar-refractivity contribution in [3.63, 3.8) is 0 Å². The Bertz CT molecular complexity index is 102. The van der Waals surface area contributed by atoms with Gasteiger partial charge in [0.25, 0.3) is 0 Å². The maximum atomic E-state index is 3.53. The lowest BCUT2D eigenvalue weighted by Crippen LogP contribution is -2.19. The number of rotatable bonds is 10. The highest BCUT2D eigenvalue weighted by Gasteiger charge is 2.01. The fourth-order valence-electron chi connectivity index (χ4n) is 1.57. The number of hydrogen-bond donors (Lipinski definition) is 1. The van der Waals surface area contributed by atoms with E-state index in [1.807, 2.05) is 11.8 Å². The summed E-state index contributed by atoms with van der Waals surface area (Å²) in [6.45, 7) is 9.24. The van der Waals surface area contributed by atoms with Crippen molar-refractivity contribution in [3.05, 3.63) is 0 Å². The van der Waals surface area contributed by atoms with Crippen molar-refractivity contribution < 1.29 is 0 Å². The van der Waals surface area contributed by atoms with Crippen molar-refractivity contribution >= 4 is 11.8 Å². The molecule has 1 N–H and O–H groups in total. The Hall–Kier alpha value is 0.310. The molecule has 0 spiro atoms. The summed E-state index contributed by atoms with van der Waals surface area (Å²) in [6, 6.07) is 0. The Kier molecular flexibility index (Phi) is 11.6. The third kappa shape index (κ3) is 8.89. The summed E-state index contributed by atoms with van der Waals surface area (Å²) in [7, 11) is 0. The third-order valence-corrected chi connectivity index (χ3v) is 3.72. The lowest BCUT2D eigenvalue weighted by Gasteiger charge is -2.12. The molecule has 1 nitrogen and oxygen atoms in total. The Morgan fingerprint density at radius 1 is 1.07 bits per heavy atom. The van der Waals surface area contributed by atoms with E-state index >= 15 is 0 Å². The Balaban J connectivity index is 3.04. The lowest BCUT2D eigenvalue weighted by molar-refractivity contribution is 0.439. The van der Waals surface area contributed by atoms with Crippen LogP contribution >= 0.6 is 11.8 Å². The number of nitrogens with one attached hydrogen (secondary N) is 1. The van der Waals surface area contributed by atoms with Crippen LogP contribution in [0.15, 0.2) is 0 Å². The predicted molar refractivity (Wildman–Crippen MR) is 69.2 cm³/mol. The maximum Gasteiger partial charge on any atom is -0.00411 e. The van der Waals surface area contributed by atoms with Crippen LogP contribution in [0.25, 0.3) is 0 Å². The molecule has 14 heavy (non-hydrogen) atoms. The van der Waals surface area contributed by atoms with E-state index in [2.05, 4.69) is 26.1 Å². The minimum Gasteiger partial charge on any atom is -0.317 e. The molecule has 0 radical (unpaired) electrons. The molecule has 0 unspecified atom stereocenters. The highest BCUT2D eigenvalue weighted by atomic mass is 32.2. The molecule has 0 saturated carbocycles. The van der Waals surface area contributed by atoms with Crippen LogP contribution in [0.2, 0.25) is 0 Å². The van der Waals surface area contributed by atoms with Gasteiger partial charge in [-0.2, -0.15) is 11.8 Å². The maximum absolute atomic E-state index is 3.53. The van der Waals surface area contributed by atoms with Crippen molar-refractivity contribution in [2.45, 2.75) is 46.5 Å². The van der Waals surface area contributed by atoms with E-state index in [1.165, 1.54) is 50.3 Å². The van der Waals surface area contributed by atoms with E-state index in [4.69, 9.17) is 0 Å². The molecule has 0 aromatic rings. The second-order valence-electron chi connectivity index (χ2n) is 3.77. The Labute approximate surface area is 94.4 Å². The summed E-state index contributed by atoms with van der Waals surface area (Å²) in [5, 5.41) is 3.53. The number of thioether (sulfide) groups is 1. The van der Waals surface area contributed by atoms with Crippen molar-refractivity contribution in [2.24, 2.45) is 5.92 Å². The van der Waals surface area contributed by atoms with Gasteiger partial charge in [0.05, 0.1) is 0 Å². The minimum atomic E-state index is 0.938. The molecular formula is C12H27NS. The molecule has 0 aliphatic heterocycles. The van der Waals surface area contributed by atoms with Crippen LogP contribution in [0, 0.1) is 5.92 Å². The van der Waals surface area contributed by atoms with Crippen LogP contribution in [0.3, 0.4) is 0 Å². The van der Waals surface area contributed by atoms with Gasteiger partial charge in [-0.05, 0) is 43.4 Å². The summed E-state index contributed by atoms with van der Waals surface area (Å²) in [6.07, 6.45) is 5.35. The quantitative estimate of drug-likeness (QED) is 0.562. The van der Waals surface area contributed by atoms with Crippen molar-refractivity contribution in [1.29, 1.82) is 0 Å². The average molecular weight is 217 g/mol. The normalized spacial score (nSPS) is 11.1. The van der Waals surface area contributed by atoms with Gasteiger partial charge in [0.2, 0.25) is 0 Å². The SMILES string of the molecule is CCSCCCNCCC(CC)CC. The van der Waals surface area contributed by atoms with Gasteiger partial charge in [0.1, 0.15) is 0 Å². The Morgan fingerprint density at radius 3 is 2.36 bits per heavy atom. The first-order valence-corrected chi connectivity index (χ1v) is 7.29. The van der Waals surface area contributed by atoms with Crippen molar-refractivity contribution in [1.82, 2.24) is 5.32 Å². The van der Waals surface area contributed by atoms with Gasteiger partial charge in [0, 0.05) is 0 Å². The van der Waals surface area contributed by atoms with Crippen LogP contribution < -0.4 is 5.32 Å². The standard InChI is InChI=1S/C12H27NS/c1-4-12(5-2)8-10-13-9-7-11-14-6-3/h12-13H,4-11H2,1-3H3. The fraction of sp³-hybridized carbons (Fsp3) is 1.00. The first-order chi connectivity index (χ1) is 6.85. The molecule has 86 valence electrons. The zero-order valence-corrected chi connectivity index (χ0v) is 11.0. The predicted octanol–water partition coefficient (Wildman–Crippen LogP) is 3.55. The topological polar surface area (TPSA) is 12.0 Å². The van der Waals surface area contributed by atoms with E-state index in [0.717, 1.165) is 5.92 Å². The summed E-state index contributed by atoms with van der Waals surface area (Å²) in [5.74, 6) is 3.51. The monoisotopic (exact) mass is 217 g/mol. The molecule has 0 heterocycles. The second kappa shape index (κ2) is 11.4. The molecule has 0 aliphatic carbocycles. The molecule has 0 fully saturated rings. The first kappa shape index (κ1) is 14.3. The van der Waals surface area contributed by atoms with Gasteiger partial charge in [-0.1, -0.05) is 33.6 Å². The van der Waals surface area contributed by atoms with E-state index in [-0.39, 0.29) is 0 Å². The molecule has 0 aromatic heterocycles. The van der Waals surface area contributed by atoms with E-state index in [0.29, 0.717) is 0 Å². The van der Waals surface area contributed by atoms with Gasteiger partial charge in [-0.15, -0.1) is 0 Å². The van der Waals surface area contributed by atoms with E-state index in [1.54, 1.807) is 0 Å². The van der Waals surface area contributed by atoms with E-state index in [9.17, 15) is 0 Å². The third-order valence-electron chi connectivity index (χ3n) is 2.73. The van der Waals surface area contributed by atoms with Gasteiger partial charge < -0.3 is 5.32 Å². The van der Waals surface area contributed by atoms with E-state index < -0.39 is 0 Å². The van der Waals surface area contributed by atoms with Gasteiger partial charge in [-0.25, -0.2) is 0 Å². The van der Waals surface area contributed by atoms with Gasteiger partial charge in [0.15, 0.2) is 0 Å². The molecule has 0 atom stereocenters. The molecule has 2 heteroatoms. The average Bonchev–Trinajstić information content (AvgIpc) is 2.22. The second-order valence-corrected chi connectivity index (χ2v) is 5.17. The summed E-state index contributed by atoms with van der Waals surface area (Å²) >= 11 is 2.04. The molecule has 0 aromatic carbocycles. The smallest absolute Gasteiger partial charge is 0.00411 e. The Morgan fingerprint density at radius 2 is 1.79 bits per heavy atom. The van der Waals surface area contributed by atoms with Crippen molar-refractivity contribution in [2.75, 3.05) is 24.6 Å². The highest BCUT2D eigenvalue weighted by molar-refractivity contribution is 7.99. The molecule has 0 bridgehead atoms. The molecule has 0 aliphatic rings. The summed E-state index contributed by atoms with van der Waals surface area (Å²) in [5.41, 5.74) is 0. The van der Waals surface area contributed by atoms with Gasteiger partial charge in [-0.3, -0.25) is 0 Å². The molecular weight excluding hydrogens is 190 g/mol. The van der Waals surface area contributed by atoms with Crippen LogP contribution in [0.4, 0.5) is 0 Å². The summed E-state index contributed by atoms with van der Waals surface area (Å²) in [4.78, 5) is 0. The van der Waals surface area contributed by atoms with Crippen LogP contribution in [-0.4, -0.2) is 24.6 Å². The van der Waals surface area contributed by atoms with Crippen LogP contribution in [-0.2, 0) is 0 Å². The lowest BCUT2D eigenvalue weighted by atomic mass is 10.00. The van der Waals surface area contributed by atoms with Crippen LogP contribution in [0.1, 0.15) is 46.5 Å². The largest absolute Gasteiger partial charge is 0.317 e. The molecule has 0 saturated heterocycles. The number of hydrogen-bond acceptors (Lipinski definition) is 2. The molecule has 0 rings (SSSR count). The van der Waals surface area contributed by atoms with Crippen LogP contribution in [0.5, 0.6) is 0 Å². The minimum absolute atomic E-state index is 0.938. The first-order valence-electron chi connectivity index (χ1n) is 6.13.